The van der Waals surface area contributed by atoms with Crippen LogP contribution in [0.25, 0.3) is 0 Å². The van der Waals surface area contributed by atoms with E-state index < -0.39 is 34.3 Å². The smallest absolute Gasteiger partial charge is 0.244 e. The van der Waals surface area contributed by atoms with Crippen LogP contribution in [0.4, 0.5) is 10.1 Å². The molecule has 0 spiro atoms. The highest BCUT2D eigenvalue weighted by atomic mass is 35.5. The Kier molecular flexibility index (Phi) is 9.25. The van der Waals surface area contributed by atoms with E-state index in [0.717, 1.165) is 12.3 Å². The quantitative estimate of drug-likeness (QED) is 0.544. The maximum atomic E-state index is 14.4. The van der Waals surface area contributed by atoms with Crippen molar-refractivity contribution in [3.8, 4) is 0 Å². The van der Waals surface area contributed by atoms with Crippen molar-refractivity contribution < 1.29 is 22.4 Å². The van der Waals surface area contributed by atoms with Gasteiger partial charge in [0, 0.05) is 18.1 Å². The molecule has 0 saturated heterocycles. The molecule has 2 aromatic rings. The third-order valence-corrected chi connectivity index (χ3v) is 6.30. The monoisotopic (exact) mass is 497 g/mol. The van der Waals surface area contributed by atoms with Gasteiger partial charge >= 0.3 is 0 Å². The van der Waals surface area contributed by atoms with Crippen molar-refractivity contribution >= 4 is 39.1 Å². The van der Waals surface area contributed by atoms with E-state index in [-0.39, 0.29) is 24.1 Å². The zero-order chi connectivity index (χ0) is 24.8. The number of carbonyl (C=O) groups excluding carboxylic acids is 2. The highest BCUT2D eigenvalue weighted by Crippen LogP contribution is 2.22. The number of rotatable bonds is 10. The van der Waals surface area contributed by atoms with Gasteiger partial charge in [-0.05, 0) is 42.7 Å². The highest BCUT2D eigenvalue weighted by Gasteiger charge is 2.31. The summed E-state index contributed by atoms with van der Waals surface area (Å²) >= 11 is 5.94. The summed E-state index contributed by atoms with van der Waals surface area (Å²) in [6.07, 6.45) is 0.898. The van der Waals surface area contributed by atoms with E-state index in [2.05, 4.69) is 5.32 Å². The van der Waals surface area contributed by atoms with Crippen LogP contribution in [-0.2, 0) is 26.2 Å². The average Bonchev–Trinajstić information content (AvgIpc) is 2.74. The normalized spacial score (nSPS) is 12.3. The zero-order valence-electron chi connectivity index (χ0n) is 19.1. The van der Waals surface area contributed by atoms with Gasteiger partial charge in [-0.25, -0.2) is 12.8 Å². The predicted octanol–water partition coefficient (Wildman–Crippen LogP) is 3.43. The van der Waals surface area contributed by atoms with Crippen molar-refractivity contribution in [1.82, 2.24) is 10.2 Å². The van der Waals surface area contributed by atoms with Gasteiger partial charge in [-0.3, -0.25) is 13.9 Å². The third-order valence-electron chi connectivity index (χ3n) is 4.92. The first-order valence-corrected chi connectivity index (χ1v) is 12.7. The molecule has 2 rings (SSSR count). The molecule has 0 bridgehead atoms. The van der Waals surface area contributed by atoms with E-state index in [1.807, 2.05) is 13.8 Å². The molecule has 0 aliphatic heterocycles. The Morgan fingerprint density at radius 1 is 1.06 bits per heavy atom. The molecule has 33 heavy (non-hydrogen) atoms. The van der Waals surface area contributed by atoms with Gasteiger partial charge in [0.2, 0.25) is 21.8 Å². The largest absolute Gasteiger partial charge is 0.354 e. The molecule has 0 aromatic heterocycles. The van der Waals surface area contributed by atoms with Crippen LogP contribution in [0.15, 0.2) is 48.5 Å². The van der Waals surface area contributed by atoms with Crippen LogP contribution in [-0.4, -0.2) is 50.5 Å². The number of nitrogens with one attached hydrogen (secondary N) is 1. The molecule has 1 N–H and O–H groups in total. The van der Waals surface area contributed by atoms with Crippen LogP contribution in [0.2, 0.25) is 5.02 Å². The second kappa shape index (κ2) is 11.5. The number of sulfonamides is 1. The van der Waals surface area contributed by atoms with Gasteiger partial charge in [0.1, 0.15) is 18.4 Å². The van der Waals surface area contributed by atoms with E-state index >= 15 is 0 Å². The molecule has 0 fully saturated rings. The van der Waals surface area contributed by atoms with Gasteiger partial charge < -0.3 is 10.2 Å². The van der Waals surface area contributed by atoms with E-state index in [1.165, 1.54) is 23.1 Å². The van der Waals surface area contributed by atoms with Crippen molar-refractivity contribution in [3.63, 3.8) is 0 Å². The number of benzene rings is 2. The minimum atomic E-state index is -3.99. The summed E-state index contributed by atoms with van der Waals surface area (Å²) in [6.45, 7) is 5.27. The molecular weight excluding hydrogens is 469 g/mol. The standard InChI is InChI=1S/C23H29ClFN3O4S/c1-16(2)13-26-23(30)17(3)27(14-18-9-11-19(24)12-10-18)22(29)15-28(33(4,31)32)21-8-6-5-7-20(21)25/h5-12,16-17H,13-15H2,1-4H3,(H,26,30)/t17-/m1/s1. The summed E-state index contributed by atoms with van der Waals surface area (Å²) in [5, 5.41) is 3.31. The Morgan fingerprint density at radius 2 is 1.67 bits per heavy atom. The van der Waals surface area contributed by atoms with Crippen LogP contribution in [0, 0.1) is 11.7 Å². The molecule has 2 amide bonds. The lowest BCUT2D eigenvalue weighted by molar-refractivity contribution is -0.139. The van der Waals surface area contributed by atoms with Crippen LogP contribution in [0.1, 0.15) is 26.3 Å². The van der Waals surface area contributed by atoms with E-state index in [4.69, 9.17) is 11.6 Å². The Labute approximate surface area is 199 Å². The zero-order valence-corrected chi connectivity index (χ0v) is 20.7. The Bertz CT molecular complexity index is 1080. The highest BCUT2D eigenvalue weighted by molar-refractivity contribution is 7.92. The molecule has 1 atom stereocenters. The second-order valence-electron chi connectivity index (χ2n) is 8.18. The molecule has 10 heteroatoms. The lowest BCUT2D eigenvalue weighted by atomic mass is 10.1. The summed E-state index contributed by atoms with van der Waals surface area (Å²) in [5.41, 5.74) is 0.463. The van der Waals surface area contributed by atoms with Crippen molar-refractivity contribution in [2.45, 2.75) is 33.4 Å². The number of para-hydroxylation sites is 1. The molecule has 0 saturated carbocycles. The molecule has 0 unspecified atom stereocenters. The number of carbonyl (C=O) groups is 2. The molecule has 180 valence electrons. The maximum Gasteiger partial charge on any atom is 0.244 e. The first-order valence-electron chi connectivity index (χ1n) is 10.4. The first kappa shape index (κ1) is 26.6. The lowest BCUT2D eigenvalue weighted by Crippen LogP contribution is -2.51. The van der Waals surface area contributed by atoms with Crippen molar-refractivity contribution in [3.05, 3.63) is 64.9 Å². The Balaban J connectivity index is 2.36. The fraction of sp³-hybridized carbons (Fsp3) is 0.391. The molecule has 7 nitrogen and oxygen atoms in total. The number of hydrogen-bond acceptors (Lipinski definition) is 4. The van der Waals surface area contributed by atoms with Crippen LogP contribution in [0.3, 0.4) is 0 Å². The summed E-state index contributed by atoms with van der Waals surface area (Å²) in [4.78, 5) is 27.3. The number of amides is 2. The van der Waals surface area contributed by atoms with Crippen molar-refractivity contribution in [2.24, 2.45) is 5.92 Å². The third kappa shape index (κ3) is 7.71. The summed E-state index contributed by atoms with van der Waals surface area (Å²) in [5.74, 6) is -1.58. The molecule has 2 aromatic carbocycles. The van der Waals surface area contributed by atoms with Gasteiger partial charge in [-0.15, -0.1) is 0 Å². The minimum Gasteiger partial charge on any atom is -0.354 e. The summed E-state index contributed by atoms with van der Waals surface area (Å²) in [7, 11) is -3.99. The maximum absolute atomic E-state index is 14.4. The lowest BCUT2D eigenvalue weighted by Gasteiger charge is -2.31. The first-order chi connectivity index (χ1) is 15.4. The minimum absolute atomic E-state index is 0.0428. The molecular formula is C23H29ClFN3O4S. The van der Waals surface area contributed by atoms with Crippen molar-refractivity contribution in [1.29, 1.82) is 0 Å². The van der Waals surface area contributed by atoms with E-state index in [0.29, 0.717) is 21.4 Å². The van der Waals surface area contributed by atoms with Gasteiger partial charge in [0.15, 0.2) is 0 Å². The SMILES string of the molecule is CC(C)CNC(=O)[C@@H](C)N(Cc1ccc(Cl)cc1)C(=O)CN(c1ccccc1F)S(C)(=O)=O. The predicted molar refractivity (Wildman–Crippen MR) is 128 cm³/mol. The Hall–Kier alpha value is -2.65. The second-order valence-corrected chi connectivity index (χ2v) is 10.5. The molecule has 0 heterocycles. The van der Waals surface area contributed by atoms with Crippen LogP contribution < -0.4 is 9.62 Å². The number of nitrogens with zero attached hydrogens (tertiary/aromatic N) is 2. The number of hydrogen-bond donors (Lipinski definition) is 1. The van der Waals surface area contributed by atoms with E-state index in [1.54, 1.807) is 31.2 Å². The Morgan fingerprint density at radius 3 is 2.21 bits per heavy atom. The fourth-order valence-electron chi connectivity index (χ4n) is 3.07. The average molecular weight is 498 g/mol. The van der Waals surface area contributed by atoms with Crippen molar-refractivity contribution in [2.75, 3.05) is 23.7 Å². The van der Waals surface area contributed by atoms with E-state index in [9.17, 15) is 22.4 Å². The summed E-state index contributed by atoms with van der Waals surface area (Å²) in [6, 6.07) is 11.2. The molecule has 0 aliphatic carbocycles. The molecule has 0 radical (unpaired) electrons. The van der Waals surface area contributed by atoms with Gasteiger partial charge in [-0.1, -0.05) is 49.7 Å². The molecule has 0 aliphatic rings. The van der Waals surface area contributed by atoms with Gasteiger partial charge in [0.05, 0.1) is 11.9 Å². The topological polar surface area (TPSA) is 86.8 Å². The van der Waals surface area contributed by atoms with Crippen LogP contribution >= 0.6 is 11.6 Å². The summed E-state index contributed by atoms with van der Waals surface area (Å²) < 4.78 is 39.9. The number of anilines is 1. The van der Waals surface area contributed by atoms with Crippen LogP contribution in [0.5, 0.6) is 0 Å². The van der Waals surface area contributed by atoms with Gasteiger partial charge in [-0.2, -0.15) is 0 Å². The number of halogens is 2. The fourth-order valence-corrected chi connectivity index (χ4v) is 4.05. The van der Waals surface area contributed by atoms with Gasteiger partial charge in [0.25, 0.3) is 0 Å².